The molecule has 0 radical (unpaired) electrons. The van der Waals surface area contributed by atoms with E-state index in [2.05, 4.69) is 26.9 Å². The highest BCUT2D eigenvalue weighted by molar-refractivity contribution is 5.77. The molecule has 1 aromatic carbocycles. The number of H-pyrrole nitrogens is 1. The molecule has 1 N–H and O–H groups in total. The molecule has 0 saturated carbocycles. The molecule has 3 aromatic rings. The van der Waals surface area contributed by atoms with Gasteiger partial charge in [-0.2, -0.15) is 4.98 Å². The van der Waals surface area contributed by atoms with Crippen molar-refractivity contribution in [2.75, 3.05) is 20.8 Å². The van der Waals surface area contributed by atoms with E-state index in [1.54, 1.807) is 13.3 Å². The molecule has 0 aliphatic carbocycles. The van der Waals surface area contributed by atoms with Gasteiger partial charge in [-0.25, -0.2) is 9.97 Å². The van der Waals surface area contributed by atoms with Crippen LogP contribution in [0.1, 0.15) is 13.3 Å². The lowest BCUT2D eigenvalue weighted by molar-refractivity contribution is 0.318. The van der Waals surface area contributed by atoms with Gasteiger partial charge in [0, 0.05) is 0 Å². The molecular formula is C16H18N4O3. The standard InChI is InChI=1S/C16H18N4O3/c1-4-7-23-13-6-5-10(21-2)8-11(13)14-18-12-9-17-16(22-3)20-15(12)19-14/h5-6,8-9H,4,7H2,1-3H3,(H,17,18,19,20). The van der Waals surface area contributed by atoms with Crippen LogP contribution in [-0.4, -0.2) is 40.8 Å². The zero-order chi connectivity index (χ0) is 16.2. The van der Waals surface area contributed by atoms with Gasteiger partial charge < -0.3 is 19.2 Å². The summed E-state index contributed by atoms with van der Waals surface area (Å²) in [4.78, 5) is 16.0. The second kappa shape index (κ2) is 6.51. The van der Waals surface area contributed by atoms with E-state index in [-0.39, 0.29) is 0 Å². The molecule has 0 amide bonds. The summed E-state index contributed by atoms with van der Waals surface area (Å²) in [6, 6.07) is 5.91. The summed E-state index contributed by atoms with van der Waals surface area (Å²) >= 11 is 0. The van der Waals surface area contributed by atoms with Gasteiger partial charge in [-0.1, -0.05) is 6.92 Å². The van der Waals surface area contributed by atoms with Crippen LogP contribution in [0.3, 0.4) is 0 Å². The van der Waals surface area contributed by atoms with E-state index in [1.165, 1.54) is 7.11 Å². The Morgan fingerprint density at radius 2 is 2.00 bits per heavy atom. The van der Waals surface area contributed by atoms with E-state index >= 15 is 0 Å². The lowest BCUT2D eigenvalue weighted by Gasteiger charge is -2.10. The fraction of sp³-hybridized carbons (Fsp3) is 0.312. The Morgan fingerprint density at radius 1 is 1.13 bits per heavy atom. The maximum absolute atomic E-state index is 5.80. The number of nitrogens with one attached hydrogen (secondary N) is 1. The third-order valence-electron chi connectivity index (χ3n) is 3.30. The normalized spacial score (nSPS) is 10.7. The van der Waals surface area contributed by atoms with Crippen LogP contribution in [-0.2, 0) is 0 Å². The molecule has 0 aliphatic rings. The number of fused-ring (bicyclic) bond motifs is 1. The Hall–Kier alpha value is -2.83. The topological polar surface area (TPSA) is 82.2 Å². The smallest absolute Gasteiger partial charge is 0.318 e. The monoisotopic (exact) mass is 314 g/mol. The molecule has 7 nitrogen and oxygen atoms in total. The number of imidazole rings is 1. The van der Waals surface area contributed by atoms with Crippen LogP contribution in [0.5, 0.6) is 17.5 Å². The van der Waals surface area contributed by atoms with E-state index < -0.39 is 0 Å². The minimum atomic E-state index is 0.292. The van der Waals surface area contributed by atoms with E-state index in [4.69, 9.17) is 14.2 Å². The minimum absolute atomic E-state index is 0.292. The van der Waals surface area contributed by atoms with Gasteiger partial charge in [-0.05, 0) is 24.6 Å². The number of hydrogen-bond donors (Lipinski definition) is 1. The molecule has 0 unspecified atom stereocenters. The second-order valence-electron chi connectivity index (χ2n) is 4.89. The SMILES string of the molecule is CCCOc1ccc(OC)cc1-c1nc2cnc(OC)nc2[nH]1. The van der Waals surface area contributed by atoms with Gasteiger partial charge >= 0.3 is 6.01 Å². The molecule has 7 heteroatoms. The third-order valence-corrected chi connectivity index (χ3v) is 3.30. The highest BCUT2D eigenvalue weighted by atomic mass is 16.5. The lowest BCUT2D eigenvalue weighted by atomic mass is 10.2. The second-order valence-corrected chi connectivity index (χ2v) is 4.89. The largest absolute Gasteiger partial charge is 0.497 e. The maximum Gasteiger partial charge on any atom is 0.318 e. The first kappa shape index (κ1) is 15.1. The van der Waals surface area contributed by atoms with Crippen molar-refractivity contribution in [3.8, 4) is 28.9 Å². The number of methoxy groups -OCH3 is 2. The summed E-state index contributed by atoms with van der Waals surface area (Å²) in [6.45, 7) is 2.69. The molecule has 0 atom stereocenters. The average Bonchev–Trinajstić information content (AvgIpc) is 3.02. The van der Waals surface area contributed by atoms with Crippen molar-refractivity contribution in [2.45, 2.75) is 13.3 Å². The number of hydrogen-bond acceptors (Lipinski definition) is 6. The number of rotatable bonds is 6. The number of ether oxygens (including phenoxy) is 3. The van der Waals surface area contributed by atoms with Crippen LogP contribution in [0.2, 0.25) is 0 Å². The Bertz CT molecular complexity index is 816. The summed E-state index contributed by atoms with van der Waals surface area (Å²) in [7, 11) is 3.15. The Balaban J connectivity index is 2.08. The zero-order valence-electron chi connectivity index (χ0n) is 13.3. The van der Waals surface area contributed by atoms with E-state index in [9.17, 15) is 0 Å². The molecule has 0 spiro atoms. The highest BCUT2D eigenvalue weighted by Gasteiger charge is 2.14. The average molecular weight is 314 g/mol. The molecule has 0 saturated heterocycles. The Labute approximate surface area is 133 Å². The number of benzene rings is 1. The van der Waals surface area contributed by atoms with Crippen LogP contribution >= 0.6 is 0 Å². The predicted molar refractivity (Wildman–Crippen MR) is 86.0 cm³/mol. The van der Waals surface area contributed by atoms with Crippen LogP contribution in [0.4, 0.5) is 0 Å². The van der Waals surface area contributed by atoms with Crippen molar-refractivity contribution in [2.24, 2.45) is 0 Å². The quantitative estimate of drug-likeness (QED) is 0.753. The summed E-state index contributed by atoms with van der Waals surface area (Å²) in [5, 5.41) is 0. The summed E-state index contributed by atoms with van der Waals surface area (Å²) < 4.78 is 16.1. The number of aromatic nitrogens is 4. The van der Waals surface area contributed by atoms with Crippen LogP contribution in [0.15, 0.2) is 24.4 Å². The molecule has 2 aromatic heterocycles. The number of nitrogens with zero attached hydrogens (tertiary/aromatic N) is 3. The molecule has 3 rings (SSSR count). The zero-order valence-corrected chi connectivity index (χ0v) is 13.3. The van der Waals surface area contributed by atoms with Crippen LogP contribution < -0.4 is 14.2 Å². The Kier molecular flexibility index (Phi) is 4.27. The fourth-order valence-corrected chi connectivity index (χ4v) is 2.18. The molecular weight excluding hydrogens is 296 g/mol. The molecule has 0 bridgehead atoms. The van der Waals surface area contributed by atoms with Crippen molar-refractivity contribution in [1.29, 1.82) is 0 Å². The van der Waals surface area contributed by atoms with E-state index in [1.807, 2.05) is 18.2 Å². The first-order valence-electron chi connectivity index (χ1n) is 7.33. The summed E-state index contributed by atoms with van der Waals surface area (Å²) in [5.41, 5.74) is 2.08. The van der Waals surface area contributed by atoms with Crippen molar-refractivity contribution in [3.05, 3.63) is 24.4 Å². The first-order chi connectivity index (χ1) is 11.2. The van der Waals surface area contributed by atoms with Gasteiger partial charge in [-0.3, -0.25) is 0 Å². The van der Waals surface area contributed by atoms with Crippen molar-refractivity contribution in [3.63, 3.8) is 0 Å². The van der Waals surface area contributed by atoms with Gasteiger partial charge in [0.2, 0.25) is 0 Å². The van der Waals surface area contributed by atoms with Crippen LogP contribution in [0.25, 0.3) is 22.6 Å². The van der Waals surface area contributed by atoms with Gasteiger partial charge in [0.25, 0.3) is 0 Å². The molecule has 23 heavy (non-hydrogen) atoms. The Morgan fingerprint density at radius 3 is 2.74 bits per heavy atom. The molecule has 0 fully saturated rings. The first-order valence-corrected chi connectivity index (χ1v) is 7.33. The maximum atomic E-state index is 5.80. The molecule has 2 heterocycles. The van der Waals surface area contributed by atoms with Gasteiger partial charge in [-0.15, -0.1) is 0 Å². The minimum Gasteiger partial charge on any atom is -0.497 e. The van der Waals surface area contributed by atoms with Crippen molar-refractivity contribution < 1.29 is 14.2 Å². The predicted octanol–water partition coefficient (Wildman–Crippen LogP) is 2.83. The fourth-order valence-electron chi connectivity index (χ4n) is 2.18. The van der Waals surface area contributed by atoms with Crippen molar-refractivity contribution in [1.82, 2.24) is 19.9 Å². The van der Waals surface area contributed by atoms with Gasteiger partial charge in [0.15, 0.2) is 5.65 Å². The van der Waals surface area contributed by atoms with Gasteiger partial charge in [0.05, 0.1) is 32.6 Å². The van der Waals surface area contributed by atoms with E-state index in [0.29, 0.717) is 29.6 Å². The lowest BCUT2D eigenvalue weighted by Crippen LogP contribution is -1.98. The molecule has 0 aliphatic heterocycles. The van der Waals surface area contributed by atoms with Crippen LogP contribution in [0, 0.1) is 0 Å². The van der Waals surface area contributed by atoms with Gasteiger partial charge in [0.1, 0.15) is 22.8 Å². The van der Waals surface area contributed by atoms with Crippen molar-refractivity contribution >= 4 is 11.2 Å². The third kappa shape index (κ3) is 3.03. The molecule has 120 valence electrons. The summed E-state index contributed by atoms with van der Waals surface area (Å²) in [6.07, 6.45) is 2.54. The summed E-state index contributed by atoms with van der Waals surface area (Å²) in [5.74, 6) is 2.12. The van der Waals surface area contributed by atoms with E-state index in [0.717, 1.165) is 23.5 Å². The highest BCUT2D eigenvalue weighted by Crippen LogP contribution is 2.33. The number of aromatic amines is 1.